The Morgan fingerprint density at radius 1 is 0.648 bits per heavy atom. The third-order valence-corrected chi connectivity index (χ3v) is 10.6. The molecule has 5 heterocycles. The Hall–Kier alpha value is -7.36. The van der Waals surface area contributed by atoms with Crippen molar-refractivity contribution < 1.29 is 4.74 Å². The lowest BCUT2D eigenvalue weighted by molar-refractivity contribution is 0.434. The Bertz CT molecular complexity index is 2770. The molecule has 0 spiro atoms. The van der Waals surface area contributed by atoms with Gasteiger partial charge in [0, 0.05) is 46.9 Å². The zero-order valence-electron chi connectivity index (χ0n) is 29.0. The number of benzene rings is 5. The highest BCUT2D eigenvalue weighted by Gasteiger charge is 2.46. The Labute approximate surface area is 312 Å². The Balaban J connectivity index is 1.08. The molecule has 2 aliphatic heterocycles. The minimum atomic E-state index is -0.714. The zero-order chi connectivity index (χ0) is 36.1. The predicted molar refractivity (Wildman–Crippen MR) is 213 cm³/mol. The quantitative estimate of drug-likeness (QED) is 0.193. The molecule has 0 radical (unpaired) electrons. The first kappa shape index (κ1) is 31.4. The summed E-state index contributed by atoms with van der Waals surface area (Å²) in [5.74, 6) is 1.60. The fourth-order valence-corrected chi connectivity index (χ4v) is 8.09. The molecule has 10 rings (SSSR count). The van der Waals surface area contributed by atoms with Crippen LogP contribution in [0.5, 0.6) is 11.5 Å². The number of ether oxygens (including phenoxy) is 1. The highest BCUT2D eigenvalue weighted by molar-refractivity contribution is 5.97. The number of nitrogens with zero attached hydrogens (tertiary/aromatic N) is 4. The molecule has 0 aliphatic carbocycles. The van der Waals surface area contributed by atoms with Crippen LogP contribution in [0.2, 0.25) is 0 Å². The van der Waals surface area contributed by atoms with Crippen molar-refractivity contribution in [3.63, 3.8) is 0 Å². The molecule has 254 valence electrons. The van der Waals surface area contributed by atoms with Crippen LogP contribution in [0.4, 0.5) is 5.69 Å². The normalized spacial score (nSPS) is 14.8. The molecule has 1 unspecified atom stereocenters. The zero-order valence-corrected chi connectivity index (χ0v) is 29.0. The lowest BCUT2D eigenvalue weighted by Gasteiger charge is -2.41. The summed E-state index contributed by atoms with van der Waals surface area (Å²) in [5.41, 5.74) is 12.1. The van der Waals surface area contributed by atoms with E-state index in [1.807, 2.05) is 73.3 Å². The molecular weight excluding hydrogens is 663 g/mol. The SMILES string of the molecule is N#Cc1cccc(C2C=Cc3ccc4ccc(-c5cccc(-c6ccc7c(c6)C(c6cccnc6)(c6cccnc6)c6ccccc6O7)c5)nc4c3N2)c1. The maximum absolute atomic E-state index is 9.49. The Kier molecular flexibility index (Phi) is 7.38. The van der Waals surface area contributed by atoms with Crippen LogP contribution >= 0.6 is 0 Å². The molecule has 3 aromatic heterocycles. The number of pyridine rings is 3. The molecule has 6 nitrogen and oxygen atoms in total. The first-order chi connectivity index (χ1) is 26.7. The number of hydrogen-bond acceptors (Lipinski definition) is 6. The number of para-hydroxylation sites is 1. The lowest BCUT2D eigenvalue weighted by Crippen LogP contribution is -2.34. The maximum atomic E-state index is 9.49. The van der Waals surface area contributed by atoms with Crippen LogP contribution in [0.1, 0.15) is 45.0 Å². The minimum absolute atomic E-state index is 0.0735. The third kappa shape index (κ3) is 5.06. The third-order valence-electron chi connectivity index (χ3n) is 10.6. The van der Waals surface area contributed by atoms with Gasteiger partial charge < -0.3 is 10.1 Å². The topological polar surface area (TPSA) is 83.7 Å². The molecular formula is C48H31N5O. The summed E-state index contributed by atoms with van der Waals surface area (Å²) in [5, 5.41) is 14.3. The average molecular weight is 694 g/mol. The first-order valence-corrected chi connectivity index (χ1v) is 17.9. The van der Waals surface area contributed by atoms with Crippen molar-refractivity contribution in [2.45, 2.75) is 11.5 Å². The molecule has 0 saturated heterocycles. The molecule has 2 aliphatic rings. The first-order valence-electron chi connectivity index (χ1n) is 17.9. The predicted octanol–water partition coefficient (Wildman–Crippen LogP) is 10.9. The monoisotopic (exact) mass is 693 g/mol. The standard InChI is InChI=1S/C48H31N5O/c49-28-31-7-3-9-36(25-31)42-20-17-32-15-16-33-18-21-43(53-47(33)46(32)52-42)37-10-4-8-34(26-37)35-19-22-45-41(27-35)48(38-11-5-23-50-29-38,39-12-6-24-51-30-39)40-13-1-2-14-44(40)54-45/h1-27,29-30,42,52H. The van der Waals surface area contributed by atoms with E-state index in [-0.39, 0.29) is 6.04 Å². The van der Waals surface area contributed by atoms with Crippen molar-refractivity contribution in [1.82, 2.24) is 15.0 Å². The van der Waals surface area contributed by atoms with Crippen molar-refractivity contribution in [2.24, 2.45) is 0 Å². The van der Waals surface area contributed by atoms with Gasteiger partial charge >= 0.3 is 0 Å². The average Bonchev–Trinajstić information content (AvgIpc) is 3.25. The summed E-state index contributed by atoms with van der Waals surface area (Å²) < 4.78 is 6.62. The van der Waals surface area contributed by atoms with Crippen molar-refractivity contribution in [1.29, 1.82) is 5.26 Å². The number of nitrogens with one attached hydrogen (secondary N) is 1. The van der Waals surface area contributed by atoms with E-state index in [2.05, 4.69) is 125 Å². The Morgan fingerprint density at radius 3 is 2.22 bits per heavy atom. The van der Waals surface area contributed by atoms with Gasteiger partial charge in [0.2, 0.25) is 0 Å². The summed E-state index contributed by atoms with van der Waals surface area (Å²) in [6.07, 6.45) is 11.8. The van der Waals surface area contributed by atoms with Crippen LogP contribution in [0, 0.1) is 11.3 Å². The van der Waals surface area contributed by atoms with E-state index in [1.165, 1.54) is 0 Å². The number of rotatable bonds is 5. The minimum Gasteiger partial charge on any atom is -0.457 e. The van der Waals surface area contributed by atoms with E-state index in [4.69, 9.17) is 9.72 Å². The summed E-state index contributed by atoms with van der Waals surface area (Å²) in [6.45, 7) is 0. The molecule has 1 N–H and O–H groups in total. The van der Waals surface area contributed by atoms with Crippen LogP contribution in [-0.2, 0) is 5.41 Å². The van der Waals surface area contributed by atoms with Crippen molar-refractivity contribution in [3.8, 4) is 40.0 Å². The molecule has 0 amide bonds. The molecule has 0 saturated carbocycles. The molecule has 1 atom stereocenters. The van der Waals surface area contributed by atoms with Crippen LogP contribution in [0.25, 0.3) is 39.4 Å². The smallest absolute Gasteiger partial charge is 0.132 e. The summed E-state index contributed by atoms with van der Waals surface area (Å²) >= 11 is 0. The molecule has 0 bridgehead atoms. The highest BCUT2D eigenvalue weighted by Crippen LogP contribution is 2.55. The van der Waals surface area contributed by atoms with E-state index in [0.717, 1.165) is 83.9 Å². The van der Waals surface area contributed by atoms with Crippen LogP contribution in [0.15, 0.2) is 170 Å². The largest absolute Gasteiger partial charge is 0.457 e. The van der Waals surface area contributed by atoms with Gasteiger partial charge in [0.25, 0.3) is 0 Å². The second kappa shape index (κ2) is 12.7. The number of hydrogen-bond donors (Lipinski definition) is 1. The molecule has 54 heavy (non-hydrogen) atoms. The molecule has 6 heteroatoms. The van der Waals surface area contributed by atoms with Crippen molar-refractivity contribution >= 4 is 22.7 Å². The van der Waals surface area contributed by atoms with Crippen LogP contribution < -0.4 is 10.1 Å². The molecule has 0 fully saturated rings. The van der Waals surface area contributed by atoms with Crippen LogP contribution in [-0.4, -0.2) is 15.0 Å². The fraction of sp³-hybridized carbons (Fsp3) is 0.0417. The van der Waals surface area contributed by atoms with E-state index >= 15 is 0 Å². The van der Waals surface area contributed by atoms with E-state index < -0.39 is 5.41 Å². The van der Waals surface area contributed by atoms with E-state index in [9.17, 15) is 5.26 Å². The van der Waals surface area contributed by atoms with Crippen molar-refractivity contribution in [3.05, 3.63) is 209 Å². The highest BCUT2D eigenvalue weighted by atomic mass is 16.5. The van der Waals surface area contributed by atoms with E-state index in [0.29, 0.717) is 5.56 Å². The van der Waals surface area contributed by atoms with Gasteiger partial charge in [-0.25, -0.2) is 4.98 Å². The van der Waals surface area contributed by atoms with Crippen LogP contribution in [0.3, 0.4) is 0 Å². The number of anilines is 1. The summed E-state index contributed by atoms with van der Waals surface area (Å²) in [4.78, 5) is 14.4. The number of fused-ring (bicyclic) bond motifs is 5. The van der Waals surface area contributed by atoms with Gasteiger partial charge in [0.15, 0.2) is 0 Å². The van der Waals surface area contributed by atoms with Gasteiger partial charge in [0.05, 0.1) is 40.0 Å². The lowest BCUT2D eigenvalue weighted by atomic mass is 9.64. The second-order valence-electron chi connectivity index (χ2n) is 13.6. The van der Waals surface area contributed by atoms with Gasteiger partial charge in [-0.2, -0.15) is 5.26 Å². The second-order valence-corrected chi connectivity index (χ2v) is 13.6. The summed E-state index contributed by atoms with van der Waals surface area (Å²) in [6, 6.07) is 49.9. The molecule has 5 aromatic carbocycles. The Morgan fingerprint density at radius 2 is 1.41 bits per heavy atom. The van der Waals surface area contributed by atoms with Gasteiger partial charge in [-0.15, -0.1) is 0 Å². The molecule has 8 aromatic rings. The summed E-state index contributed by atoms with van der Waals surface area (Å²) in [7, 11) is 0. The van der Waals surface area contributed by atoms with E-state index in [1.54, 1.807) is 0 Å². The van der Waals surface area contributed by atoms with Gasteiger partial charge in [-0.1, -0.05) is 97.1 Å². The van der Waals surface area contributed by atoms with Gasteiger partial charge in [-0.3, -0.25) is 9.97 Å². The van der Waals surface area contributed by atoms with Crippen molar-refractivity contribution in [2.75, 3.05) is 5.32 Å². The number of aromatic nitrogens is 3. The fourth-order valence-electron chi connectivity index (χ4n) is 8.09. The number of nitriles is 1. The van der Waals surface area contributed by atoms with Gasteiger partial charge in [-0.05, 0) is 88.0 Å². The van der Waals surface area contributed by atoms with Gasteiger partial charge in [0.1, 0.15) is 11.5 Å². The maximum Gasteiger partial charge on any atom is 0.132 e.